The number of aromatic nitrogens is 3. The molecule has 0 spiro atoms. The second-order valence-electron chi connectivity index (χ2n) is 10.8. The minimum Gasteiger partial charge on any atom is -0.444 e. The van der Waals surface area contributed by atoms with E-state index in [1.165, 1.54) is 0 Å². The van der Waals surface area contributed by atoms with Crippen LogP contribution in [0.2, 0.25) is 0 Å². The smallest absolute Gasteiger partial charge is 0.410 e. The lowest BCUT2D eigenvalue weighted by atomic mass is 10.1. The molecule has 10 nitrogen and oxygen atoms in total. The maximum atomic E-state index is 12.5. The fourth-order valence-electron chi connectivity index (χ4n) is 4.76. The number of nitrogens with zero attached hydrogens (tertiary/aromatic N) is 5. The molecule has 0 radical (unpaired) electrons. The van der Waals surface area contributed by atoms with Gasteiger partial charge in [0.15, 0.2) is 5.82 Å². The van der Waals surface area contributed by atoms with Crippen molar-refractivity contribution in [2.24, 2.45) is 0 Å². The van der Waals surface area contributed by atoms with E-state index in [9.17, 15) is 9.90 Å². The predicted octanol–water partition coefficient (Wildman–Crippen LogP) is 3.70. The quantitative estimate of drug-likeness (QED) is 0.520. The molecule has 1 amide bonds. The summed E-state index contributed by atoms with van der Waals surface area (Å²) in [6, 6.07) is 10.3. The van der Waals surface area contributed by atoms with Gasteiger partial charge in [0, 0.05) is 49.8 Å². The summed E-state index contributed by atoms with van der Waals surface area (Å²) < 4.78 is 11.4. The highest BCUT2D eigenvalue weighted by Gasteiger charge is 2.28. The first kappa shape index (κ1) is 26.1. The summed E-state index contributed by atoms with van der Waals surface area (Å²) >= 11 is 0. The first-order chi connectivity index (χ1) is 18.2. The number of fused-ring (bicyclic) bond motifs is 1. The van der Waals surface area contributed by atoms with Gasteiger partial charge in [0.25, 0.3) is 0 Å². The monoisotopic (exact) mass is 520 g/mol. The Hall–Kier alpha value is -3.50. The molecular formula is C28H36N6O4. The Labute approximate surface area is 223 Å². The third-order valence-electron chi connectivity index (χ3n) is 6.74. The number of pyridine rings is 1. The SMILES string of the molecule is CC(C)(C)OC(=O)N1CCO[C@H](CNc2nc(-c3ccc(N4CCC(O)CC4)cc3)cc3nccnc23)C1. The molecule has 2 N–H and O–H groups in total. The van der Waals surface area contributed by atoms with Crippen LogP contribution in [-0.4, -0.2) is 88.2 Å². The van der Waals surface area contributed by atoms with Crippen molar-refractivity contribution in [3.05, 3.63) is 42.7 Å². The molecule has 10 heteroatoms. The largest absolute Gasteiger partial charge is 0.444 e. The number of hydrogen-bond donors (Lipinski definition) is 2. The summed E-state index contributed by atoms with van der Waals surface area (Å²) in [5.41, 5.74) is 3.80. The van der Waals surface area contributed by atoms with Crippen LogP contribution in [0, 0.1) is 0 Å². The molecular weight excluding hydrogens is 484 g/mol. The standard InChI is InChI=1S/C28H36N6O4/c1-28(2,3)38-27(36)34-14-15-37-22(18-34)17-31-26-25-24(29-10-11-30-25)16-23(32-26)19-4-6-20(7-5-19)33-12-8-21(35)9-13-33/h4-7,10-11,16,21-22,35H,8-9,12-15,17-18H2,1-3H3,(H,31,32)/t22-/m1/s1. The van der Waals surface area contributed by atoms with Crippen molar-refractivity contribution in [3.63, 3.8) is 0 Å². The first-order valence-electron chi connectivity index (χ1n) is 13.2. The van der Waals surface area contributed by atoms with Gasteiger partial charge < -0.3 is 29.7 Å². The fraction of sp³-hybridized carbons (Fsp3) is 0.500. The maximum Gasteiger partial charge on any atom is 0.410 e. The van der Waals surface area contributed by atoms with Gasteiger partial charge in [-0.3, -0.25) is 4.98 Å². The Bertz CT molecular complexity index is 1250. The molecule has 2 aromatic heterocycles. The van der Waals surface area contributed by atoms with Gasteiger partial charge in [-0.25, -0.2) is 14.8 Å². The molecule has 2 aliphatic heterocycles. The van der Waals surface area contributed by atoms with Crippen LogP contribution in [0.1, 0.15) is 33.6 Å². The summed E-state index contributed by atoms with van der Waals surface area (Å²) in [4.78, 5) is 30.4. The number of amides is 1. The molecule has 0 bridgehead atoms. The predicted molar refractivity (Wildman–Crippen MR) is 146 cm³/mol. The van der Waals surface area contributed by atoms with Gasteiger partial charge in [-0.2, -0.15) is 0 Å². The Balaban J connectivity index is 1.30. The average molecular weight is 521 g/mol. The summed E-state index contributed by atoms with van der Waals surface area (Å²) in [7, 11) is 0. The number of anilines is 2. The molecule has 3 aromatic rings. The molecule has 2 aliphatic rings. The van der Waals surface area contributed by atoms with Crippen LogP contribution >= 0.6 is 0 Å². The van der Waals surface area contributed by atoms with E-state index < -0.39 is 5.60 Å². The van der Waals surface area contributed by atoms with E-state index in [-0.39, 0.29) is 18.3 Å². The van der Waals surface area contributed by atoms with Crippen molar-refractivity contribution in [2.45, 2.75) is 51.4 Å². The molecule has 2 saturated heterocycles. The van der Waals surface area contributed by atoms with E-state index in [0.717, 1.165) is 48.4 Å². The fourth-order valence-corrected chi connectivity index (χ4v) is 4.76. The lowest BCUT2D eigenvalue weighted by molar-refractivity contribution is -0.0371. The minimum absolute atomic E-state index is 0.196. The Morgan fingerprint density at radius 1 is 1.13 bits per heavy atom. The number of aliphatic hydroxyl groups excluding tert-OH is 1. The van der Waals surface area contributed by atoms with Crippen LogP contribution in [0.25, 0.3) is 22.3 Å². The van der Waals surface area contributed by atoms with Gasteiger partial charge in [-0.1, -0.05) is 12.1 Å². The van der Waals surface area contributed by atoms with Crippen molar-refractivity contribution in [1.82, 2.24) is 19.9 Å². The lowest BCUT2D eigenvalue weighted by Crippen LogP contribution is -2.49. The van der Waals surface area contributed by atoms with Gasteiger partial charge in [0.1, 0.15) is 11.1 Å². The number of morpholine rings is 1. The molecule has 38 heavy (non-hydrogen) atoms. The minimum atomic E-state index is -0.542. The van der Waals surface area contributed by atoms with E-state index in [4.69, 9.17) is 14.5 Å². The zero-order chi connectivity index (χ0) is 26.7. The van der Waals surface area contributed by atoms with Crippen molar-refractivity contribution >= 4 is 28.6 Å². The Morgan fingerprint density at radius 3 is 2.61 bits per heavy atom. The number of piperidine rings is 1. The van der Waals surface area contributed by atoms with Crippen LogP contribution in [-0.2, 0) is 9.47 Å². The molecule has 4 heterocycles. The van der Waals surface area contributed by atoms with Crippen molar-refractivity contribution in [1.29, 1.82) is 0 Å². The van der Waals surface area contributed by atoms with E-state index in [1.807, 2.05) is 26.8 Å². The third-order valence-corrected chi connectivity index (χ3v) is 6.74. The highest BCUT2D eigenvalue weighted by molar-refractivity contribution is 5.88. The molecule has 1 atom stereocenters. The average Bonchev–Trinajstić information content (AvgIpc) is 2.91. The number of nitrogens with one attached hydrogen (secondary N) is 1. The molecule has 0 saturated carbocycles. The number of benzene rings is 1. The number of hydrogen-bond acceptors (Lipinski definition) is 9. The Kier molecular flexibility index (Phi) is 7.62. The van der Waals surface area contributed by atoms with Gasteiger partial charge in [-0.05, 0) is 51.8 Å². The van der Waals surface area contributed by atoms with E-state index in [1.54, 1.807) is 17.3 Å². The topological polar surface area (TPSA) is 113 Å². The number of carbonyl (C=O) groups is 1. The second kappa shape index (κ2) is 11.1. The summed E-state index contributed by atoms with van der Waals surface area (Å²) in [6.07, 6.45) is 4.18. The first-order valence-corrected chi connectivity index (χ1v) is 13.2. The molecule has 1 aromatic carbocycles. The van der Waals surface area contributed by atoms with Crippen LogP contribution in [0.15, 0.2) is 42.7 Å². The summed E-state index contributed by atoms with van der Waals surface area (Å²) in [5.74, 6) is 0.623. The lowest BCUT2D eigenvalue weighted by Gasteiger charge is -2.34. The molecule has 0 aliphatic carbocycles. The molecule has 2 fully saturated rings. The number of carbonyl (C=O) groups excluding carboxylic acids is 1. The van der Waals surface area contributed by atoms with E-state index in [2.05, 4.69) is 44.5 Å². The molecule has 5 rings (SSSR count). The zero-order valence-electron chi connectivity index (χ0n) is 22.3. The highest BCUT2D eigenvalue weighted by atomic mass is 16.6. The van der Waals surface area contributed by atoms with Gasteiger partial charge in [0.05, 0.1) is 36.6 Å². The number of ether oxygens (including phenoxy) is 2. The zero-order valence-corrected chi connectivity index (χ0v) is 22.3. The van der Waals surface area contributed by atoms with Crippen molar-refractivity contribution in [3.8, 4) is 11.3 Å². The third kappa shape index (κ3) is 6.31. The Morgan fingerprint density at radius 2 is 1.87 bits per heavy atom. The van der Waals surface area contributed by atoms with E-state index >= 15 is 0 Å². The van der Waals surface area contributed by atoms with Gasteiger partial charge in [0.2, 0.25) is 0 Å². The van der Waals surface area contributed by atoms with Crippen molar-refractivity contribution < 1.29 is 19.4 Å². The number of rotatable bonds is 5. The van der Waals surface area contributed by atoms with Crippen molar-refractivity contribution in [2.75, 3.05) is 49.5 Å². The van der Waals surface area contributed by atoms with Crippen LogP contribution in [0.3, 0.4) is 0 Å². The maximum absolute atomic E-state index is 12.5. The van der Waals surface area contributed by atoms with Gasteiger partial charge >= 0.3 is 6.09 Å². The van der Waals surface area contributed by atoms with Crippen LogP contribution < -0.4 is 10.2 Å². The summed E-state index contributed by atoms with van der Waals surface area (Å²) in [5, 5.41) is 13.2. The van der Waals surface area contributed by atoms with E-state index in [0.29, 0.717) is 37.6 Å². The van der Waals surface area contributed by atoms with Crippen LogP contribution in [0.4, 0.5) is 16.3 Å². The van der Waals surface area contributed by atoms with Crippen LogP contribution in [0.5, 0.6) is 0 Å². The number of aliphatic hydroxyl groups is 1. The highest BCUT2D eigenvalue weighted by Crippen LogP contribution is 2.28. The molecule has 0 unspecified atom stereocenters. The second-order valence-corrected chi connectivity index (χ2v) is 10.8. The molecule has 202 valence electrons. The normalized spacial score (nSPS) is 19.0. The van der Waals surface area contributed by atoms with Gasteiger partial charge in [-0.15, -0.1) is 0 Å². The summed E-state index contributed by atoms with van der Waals surface area (Å²) in [6.45, 7) is 9.13.